The molecule has 0 saturated carbocycles. The molecule has 0 aliphatic carbocycles. The van der Waals surface area contributed by atoms with Crippen LogP contribution in [0.2, 0.25) is 5.02 Å². The molecule has 5 aromatic rings. The molecule has 0 bridgehead atoms. The van der Waals surface area contributed by atoms with Crippen LogP contribution in [0.5, 0.6) is 5.75 Å². The lowest BCUT2D eigenvalue weighted by Gasteiger charge is -2.39. The molecule has 6 rings (SSSR count). The van der Waals surface area contributed by atoms with Gasteiger partial charge in [-0.25, -0.2) is 0 Å². The molecule has 0 radical (unpaired) electrons. The number of benzene rings is 3. The predicted octanol–water partition coefficient (Wildman–Crippen LogP) is 4.68. The predicted molar refractivity (Wildman–Crippen MR) is 156 cm³/mol. The first-order valence-corrected chi connectivity index (χ1v) is 13.2. The number of carbonyl (C=O) groups excluding carboxylic acids is 1. The van der Waals surface area contributed by atoms with Crippen molar-refractivity contribution in [1.82, 2.24) is 19.0 Å². The Morgan fingerprint density at radius 1 is 1.07 bits per heavy atom. The Kier molecular flexibility index (Phi) is 6.27. The molecule has 1 saturated heterocycles. The van der Waals surface area contributed by atoms with E-state index >= 15 is 0 Å². The number of pyridine rings is 1. The highest BCUT2D eigenvalue weighted by atomic mass is 35.5. The summed E-state index contributed by atoms with van der Waals surface area (Å²) in [6.07, 6.45) is 4.45. The van der Waals surface area contributed by atoms with Crippen molar-refractivity contribution in [2.45, 2.75) is 13.5 Å². The number of phenols is 1. The lowest BCUT2D eigenvalue weighted by molar-refractivity contribution is -0.132. The number of aromatic nitrogens is 3. The van der Waals surface area contributed by atoms with E-state index in [0.717, 1.165) is 16.3 Å². The number of amides is 1. The average Bonchev–Trinajstić information content (AvgIpc) is 2.92. The molecular weight excluding hydrogens is 528 g/mol. The number of halogens is 1. The fourth-order valence-corrected chi connectivity index (χ4v) is 5.72. The lowest BCUT2D eigenvalue weighted by Crippen LogP contribution is -2.52. The fraction of sp³-hybridized carbons (Fsp3) is 0.161. The zero-order valence-electron chi connectivity index (χ0n) is 21.7. The molecule has 8 nitrogen and oxygen atoms in total. The van der Waals surface area contributed by atoms with Crippen LogP contribution < -0.4 is 11.1 Å². The van der Waals surface area contributed by atoms with Crippen LogP contribution in [0.1, 0.15) is 5.56 Å². The van der Waals surface area contributed by atoms with E-state index in [9.17, 15) is 19.5 Å². The summed E-state index contributed by atoms with van der Waals surface area (Å²) in [5, 5.41) is 12.6. The minimum atomic E-state index is -0.712. The Morgan fingerprint density at radius 2 is 1.85 bits per heavy atom. The summed E-state index contributed by atoms with van der Waals surface area (Å²) in [5.74, 6) is -0.0884. The van der Waals surface area contributed by atoms with Crippen LogP contribution in [0, 0.1) is 12.8 Å². The van der Waals surface area contributed by atoms with E-state index in [0.29, 0.717) is 46.0 Å². The van der Waals surface area contributed by atoms with E-state index in [-0.39, 0.29) is 24.1 Å². The number of likely N-dealkylation sites (tertiary alicyclic amines) is 1. The van der Waals surface area contributed by atoms with Crippen molar-refractivity contribution in [3.05, 3.63) is 111 Å². The van der Waals surface area contributed by atoms with Gasteiger partial charge >= 0.3 is 11.1 Å². The first-order chi connectivity index (χ1) is 19.3. The number of phenolic OH excluding ortho intramolecular Hbond substituents is 1. The Labute approximate surface area is 234 Å². The highest BCUT2D eigenvalue weighted by Crippen LogP contribution is 2.38. The smallest absolute Gasteiger partial charge is 0.321 e. The summed E-state index contributed by atoms with van der Waals surface area (Å²) >= 11 is 6.89. The molecular formula is C31H25ClN4O4. The normalized spacial score (nSPS) is 13.5. The zero-order valence-corrected chi connectivity index (χ0v) is 22.4. The molecule has 3 heterocycles. The Morgan fingerprint density at radius 3 is 2.60 bits per heavy atom. The van der Waals surface area contributed by atoms with Gasteiger partial charge in [-0.15, -0.1) is 0 Å². The van der Waals surface area contributed by atoms with Crippen LogP contribution in [0.25, 0.3) is 38.6 Å². The quantitative estimate of drug-likeness (QED) is 0.252. The SMILES string of the molecule is C=CC(=O)N1CC(Cn2c(=O)c(=O)n(-c3cnccc3C)c3cc(-c4cc(O)cc5ccccc45)c(Cl)cc32)C1. The van der Waals surface area contributed by atoms with Crippen molar-refractivity contribution in [2.75, 3.05) is 13.1 Å². The lowest BCUT2D eigenvalue weighted by atomic mass is 9.96. The topological polar surface area (TPSA) is 97.4 Å². The first-order valence-electron chi connectivity index (χ1n) is 12.8. The number of carbonyl (C=O) groups is 1. The van der Waals surface area contributed by atoms with E-state index in [4.69, 9.17) is 11.6 Å². The number of fused-ring (bicyclic) bond motifs is 2. The molecule has 0 unspecified atom stereocenters. The second-order valence-electron chi connectivity index (χ2n) is 10.1. The Hall–Kier alpha value is -4.69. The minimum Gasteiger partial charge on any atom is -0.508 e. The van der Waals surface area contributed by atoms with E-state index in [1.54, 1.807) is 47.6 Å². The van der Waals surface area contributed by atoms with Crippen molar-refractivity contribution in [3.63, 3.8) is 0 Å². The second kappa shape index (κ2) is 9.81. The van der Waals surface area contributed by atoms with Gasteiger partial charge in [0.15, 0.2) is 0 Å². The molecule has 1 fully saturated rings. The van der Waals surface area contributed by atoms with Crippen molar-refractivity contribution in [1.29, 1.82) is 0 Å². The molecule has 1 amide bonds. The molecule has 0 spiro atoms. The maximum absolute atomic E-state index is 13.7. The van der Waals surface area contributed by atoms with Gasteiger partial charge in [0.25, 0.3) is 0 Å². The van der Waals surface area contributed by atoms with E-state index < -0.39 is 11.1 Å². The third kappa shape index (κ3) is 4.17. The van der Waals surface area contributed by atoms with Gasteiger partial charge in [-0.1, -0.05) is 42.4 Å². The van der Waals surface area contributed by atoms with Crippen LogP contribution in [-0.4, -0.2) is 43.1 Å². The van der Waals surface area contributed by atoms with Gasteiger partial charge in [-0.3, -0.25) is 23.9 Å². The zero-order chi connectivity index (χ0) is 28.1. The number of rotatable bonds is 5. The number of nitrogens with zero attached hydrogens (tertiary/aromatic N) is 4. The summed E-state index contributed by atoms with van der Waals surface area (Å²) in [5.41, 5.74) is 2.12. The molecule has 40 heavy (non-hydrogen) atoms. The molecule has 0 atom stereocenters. The Bertz CT molecular complexity index is 1970. The van der Waals surface area contributed by atoms with Crippen LogP contribution in [-0.2, 0) is 11.3 Å². The molecule has 1 aliphatic rings. The van der Waals surface area contributed by atoms with Gasteiger partial charge in [0, 0.05) is 37.3 Å². The second-order valence-corrected chi connectivity index (χ2v) is 10.5. The van der Waals surface area contributed by atoms with Gasteiger partial charge in [0.05, 0.1) is 27.9 Å². The molecule has 2 aromatic heterocycles. The largest absolute Gasteiger partial charge is 0.508 e. The van der Waals surface area contributed by atoms with Crippen LogP contribution in [0.4, 0.5) is 0 Å². The van der Waals surface area contributed by atoms with Gasteiger partial charge in [0.1, 0.15) is 5.75 Å². The summed E-state index contributed by atoms with van der Waals surface area (Å²) in [6, 6.07) is 16.2. The van der Waals surface area contributed by atoms with E-state index in [1.807, 2.05) is 31.2 Å². The minimum absolute atomic E-state index is 0.00589. The number of hydrogen-bond acceptors (Lipinski definition) is 5. The van der Waals surface area contributed by atoms with Crippen molar-refractivity contribution >= 4 is 39.3 Å². The van der Waals surface area contributed by atoms with Crippen LogP contribution in [0.3, 0.4) is 0 Å². The average molecular weight is 553 g/mol. The highest BCUT2D eigenvalue weighted by molar-refractivity contribution is 6.34. The molecule has 3 aromatic carbocycles. The molecule has 1 N–H and O–H groups in total. The fourth-order valence-electron chi connectivity index (χ4n) is 5.46. The van der Waals surface area contributed by atoms with Crippen LogP contribution >= 0.6 is 11.6 Å². The standard InChI is InChI=1S/C31H25ClN4O4/c1-3-29(38)34-15-19(16-34)17-35-26-13-25(32)24(23-11-21(37)10-20-6-4-5-7-22(20)23)12-27(26)36(31(40)30(35)39)28-14-33-9-8-18(28)2/h3-14,19,37H,1,15-17H2,2H3. The summed E-state index contributed by atoms with van der Waals surface area (Å²) in [6.45, 7) is 6.55. The maximum Gasteiger partial charge on any atom is 0.321 e. The molecule has 1 aliphatic heterocycles. The number of aryl methyl sites for hydroxylation is 1. The summed E-state index contributed by atoms with van der Waals surface area (Å²) in [7, 11) is 0. The highest BCUT2D eigenvalue weighted by Gasteiger charge is 2.31. The summed E-state index contributed by atoms with van der Waals surface area (Å²) < 4.78 is 2.84. The van der Waals surface area contributed by atoms with Gasteiger partial charge in [-0.2, -0.15) is 0 Å². The number of aromatic hydroxyl groups is 1. The third-order valence-electron chi connectivity index (χ3n) is 7.50. The third-order valence-corrected chi connectivity index (χ3v) is 7.81. The van der Waals surface area contributed by atoms with Gasteiger partial charge in [-0.05, 0) is 65.2 Å². The molecule has 200 valence electrons. The van der Waals surface area contributed by atoms with Crippen LogP contribution in [0.15, 0.2) is 89.2 Å². The van der Waals surface area contributed by atoms with Crippen molar-refractivity contribution in [3.8, 4) is 22.6 Å². The monoisotopic (exact) mass is 552 g/mol. The van der Waals surface area contributed by atoms with Crippen molar-refractivity contribution in [2.24, 2.45) is 5.92 Å². The Balaban J connectivity index is 1.62. The van der Waals surface area contributed by atoms with Gasteiger partial charge in [0.2, 0.25) is 5.91 Å². The van der Waals surface area contributed by atoms with Gasteiger partial charge < -0.3 is 14.6 Å². The number of hydrogen-bond donors (Lipinski definition) is 1. The maximum atomic E-state index is 13.7. The summed E-state index contributed by atoms with van der Waals surface area (Å²) in [4.78, 5) is 45.1. The van der Waals surface area contributed by atoms with E-state index in [1.165, 1.54) is 15.2 Å². The molecule has 9 heteroatoms. The van der Waals surface area contributed by atoms with E-state index in [2.05, 4.69) is 11.6 Å². The van der Waals surface area contributed by atoms with Crippen molar-refractivity contribution < 1.29 is 9.90 Å². The first kappa shape index (κ1) is 25.6.